The van der Waals surface area contributed by atoms with Crippen molar-refractivity contribution in [3.63, 3.8) is 0 Å². The topological polar surface area (TPSA) is 26.1 Å². The summed E-state index contributed by atoms with van der Waals surface area (Å²) in [7, 11) is 0. The fourth-order valence-electron chi connectivity index (χ4n) is 4.28. The molecular weight excluding hydrogens is 372 g/mol. The SMILES string of the molecule is c1ccc(N(Cc2ccc3c(c2)OCO3)c2c3ccccc3n3ccccc23)cc1. The van der Waals surface area contributed by atoms with Crippen molar-refractivity contribution in [1.82, 2.24) is 4.40 Å². The first-order valence-corrected chi connectivity index (χ1v) is 10.1. The number of ether oxygens (including phenoxy) is 2. The first-order valence-electron chi connectivity index (χ1n) is 10.1. The molecule has 0 atom stereocenters. The Morgan fingerprint density at radius 3 is 2.43 bits per heavy atom. The van der Waals surface area contributed by atoms with Gasteiger partial charge in [0, 0.05) is 23.8 Å². The number of anilines is 2. The van der Waals surface area contributed by atoms with Crippen LogP contribution in [0.15, 0.2) is 97.2 Å². The Morgan fingerprint density at radius 2 is 1.50 bits per heavy atom. The smallest absolute Gasteiger partial charge is 0.231 e. The molecule has 6 rings (SSSR count). The van der Waals surface area contributed by atoms with Gasteiger partial charge in [0.05, 0.1) is 16.7 Å². The molecule has 146 valence electrons. The third-order valence-electron chi connectivity index (χ3n) is 5.64. The van der Waals surface area contributed by atoms with Crippen LogP contribution in [-0.2, 0) is 6.54 Å². The minimum absolute atomic E-state index is 0.288. The molecule has 0 N–H and O–H groups in total. The standard InChI is InChI=1S/C26H20N2O2/c1-2-8-20(9-3-1)28(17-19-13-14-24-25(16-19)30-18-29-24)26-21-10-4-5-11-22(21)27-15-7-6-12-23(26)27/h1-16H,17-18H2. The Kier molecular flexibility index (Phi) is 3.88. The van der Waals surface area contributed by atoms with Crippen LogP contribution >= 0.6 is 0 Å². The molecule has 0 fully saturated rings. The molecule has 3 aromatic carbocycles. The van der Waals surface area contributed by atoms with E-state index < -0.39 is 0 Å². The lowest BCUT2D eigenvalue weighted by Gasteiger charge is -2.25. The fraction of sp³-hybridized carbons (Fsp3) is 0.0769. The van der Waals surface area contributed by atoms with Gasteiger partial charge in [0.25, 0.3) is 0 Å². The maximum absolute atomic E-state index is 5.61. The van der Waals surface area contributed by atoms with E-state index in [9.17, 15) is 0 Å². The van der Waals surface area contributed by atoms with E-state index >= 15 is 0 Å². The van der Waals surface area contributed by atoms with Crippen molar-refractivity contribution in [2.45, 2.75) is 6.54 Å². The van der Waals surface area contributed by atoms with Crippen LogP contribution in [0, 0.1) is 0 Å². The third-order valence-corrected chi connectivity index (χ3v) is 5.64. The highest BCUT2D eigenvalue weighted by Gasteiger charge is 2.20. The average molecular weight is 392 g/mol. The number of aromatic nitrogens is 1. The van der Waals surface area contributed by atoms with Crippen molar-refractivity contribution in [1.29, 1.82) is 0 Å². The molecule has 0 saturated heterocycles. The summed E-state index contributed by atoms with van der Waals surface area (Å²) in [5.74, 6) is 1.62. The monoisotopic (exact) mass is 392 g/mol. The van der Waals surface area contributed by atoms with E-state index in [1.54, 1.807) is 0 Å². The van der Waals surface area contributed by atoms with Crippen LogP contribution in [0.25, 0.3) is 16.4 Å². The number of pyridine rings is 1. The maximum Gasteiger partial charge on any atom is 0.231 e. The molecule has 1 aliphatic rings. The van der Waals surface area contributed by atoms with Gasteiger partial charge in [0.1, 0.15) is 0 Å². The third kappa shape index (κ3) is 2.69. The van der Waals surface area contributed by atoms with Crippen LogP contribution in [0.5, 0.6) is 11.5 Å². The zero-order chi connectivity index (χ0) is 19.9. The Hall–Kier alpha value is -3.92. The summed E-state index contributed by atoms with van der Waals surface area (Å²) >= 11 is 0. The zero-order valence-electron chi connectivity index (χ0n) is 16.4. The number of fused-ring (bicyclic) bond motifs is 4. The molecule has 0 radical (unpaired) electrons. The number of rotatable bonds is 4. The second-order valence-electron chi connectivity index (χ2n) is 7.43. The first kappa shape index (κ1) is 17.0. The van der Waals surface area contributed by atoms with Crippen molar-refractivity contribution in [3.05, 3.63) is 103 Å². The normalized spacial score (nSPS) is 12.5. The van der Waals surface area contributed by atoms with E-state index in [0.29, 0.717) is 0 Å². The summed E-state index contributed by atoms with van der Waals surface area (Å²) < 4.78 is 13.4. The van der Waals surface area contributed by atoms with Crippen molar-refractivity contribution in [3.8, 4) is 11.5 Å². The van der Waals surface area contributed by atoms with Gasteiger partial charge in [-0.15, -0.1) is 0 Å². The summed E-state index contributed by atoms with van der Waals surface area (Å²) in [5, 5.41) is 1.23. The van der Waals surface area contributed by atoms with Gasteiger partial charge in [0.2, 0.25) is 6.79 Å². The number of nitrogens with zero attached hydrogens (tertiary/aromatic N) is 2. The van der Waals surface area contributed by atoms with Gasteiger partial charge in [-0.3, -0.25) is 0 Å². The summed E-state index contributed by atoms with van der Waals surface area (Å²) in [6.45, 7) is 1.01. The summed E-state index contributed by atoms with van der Waals surface area (Å²) in [4.78, 5) is 2.38. The van der Waals surface area contributed by atoms with Gasteiger partial charge in [-0.05, 0) is 48.0 Å². The molecule has 30 heavy (non-hydrogen) atoms. The zero-order valence-corrected chi connectivity index (χ0v) is 16.4. The van der Waals surface area contributed by atoms with Crippen molar-refractivity contribution < 1.29 is 9.47 Å². The van der Waals surface area contributed by atoms with E-state index in [4.69, 9.17) is 9.47 Å². The van der Waals surface area contributed by atoms with Crippen LogP contribution in [-0.4, -0.2) is 11.2 Å². The largest absolute Gasteiger partial charge is 0.454 e. The average Bonchev–Trinajstić information content (AvgIpc) is 3.40. The van der Waals surface area contributed by atoms with Crippen molar-refractivity contribution in [2.75, 3.05) is 11.7 Å². The van der Waals surface area contributed by atoms with Crippen molar-refractivity contribution >= 4 is 27.8 Å². The molecule has 5 aromatic rings. The quantitative estimate of drug-likeness (QED) is 0.366. The van der Waals surface area contributed by atoms with Gasteiger partial charge in [-0.2, -0.15) is 0 Å². The van der Waals surface area contributed by atoms with Crippen molar-refractivity contribution in [2.24, 2.45) is 0 Å². The summed E-state index contributed by atoms with van der Waals surface area (Å²) in [6.07, 6.45) is 2.13. The first-order chi connectivity index (χ1) is 14.9. The number of para-hydroxylation sites is 2. The van der Waals surface area contributed by atoms with E-state index in [1.165, 1.54) is 27.7 Å². The molecule has 4 heteroatoms. The Balaban J connectivity index is 1.57. The molecule has 0 spiro atoms. The Bertz CT molecular complexity index is 1300. The molecule has 0 aliphatic carbocycles. The predicted molar refractivity (Wildman–Crippen MR) is 120 cm³/mol. The predicted octanol–water partition coefficient (Wildman–Crippen LogP) is 6.16. The lowest BCUT2D eigenvalue weighted by atomic mass is 10.1. The molecule has 2 aromatic heterocycles. The van der Waals surface area contributed by atoms with Crippen LogP contribution in [0.3, 0.4) is 0 Å². The lowest BCUT2D eigenvalue weighted by molar-refractivity contribution is 0.174. The highest BCUT2D eigenvalue weighted by Crippen LogP contribution is 2.40. The highest BCUT2D eigenvalue weighted by atomic mass is 16.7. The maximum atomic E-state index is 5.61. The van der Waals surface area contributed by atoms with Gasteiger partial charge in [0.15, 0.2) is 11.5 Å². The summed E-state index contributed by atoms with van der Waals surface area (Å²) in [6, 6.07) is 31.7. The van der Waals surface area contributed by atoms with E-state index in [-0.39, 0.29) is 6.79 Å². The lowest BCUT2D eigenvalue weighted by Crippen LogP contribution is -2.16. The molecule has 0 unspecified atom stereocenters. The molecule has 1 aliphatic heterocycles. The van der Waals surface area contributed by atoms with Gasteiger partial charge in [-0.1, -0.05) is 48.5 Å². The number of benzene rings is 3. The molecule has 4 nitrogen and oxygen atoms in total. The minimum atomic E-state index is 0.288. The molecule has 0 amide bonds. The Labute approximate surface area is 174 Å². The molecule has 0 bridgehead atoms. The second-order valence-corrected chi connectivity index (χ2v) is 7.43. The summed E-state index contributed by atoms with van der Waals surface area (Å²) in [5.41, 5.74) is 5.91. The van der Waals surface area contributed by atoms with Gasteiger partial charge in [-0.25, -0.2) is 0 Å². The minimum Gasteiger partial charge on any atom is -0.454 e. The van der Waals surface area contributed by atoms with E-state index in [0.717, 1.165) is 23.7 Å². The molecule has 0 saturated carbocycles. The fourth-order valence-corrected chi connectivity index (χ4v) is 4.28. The van der Waals surface area contributed by atoms with E-state index in [1.807, 2.05) is 6.07 Å². The van der Waals surface area contributed by atoms with Crippen LogP contribution < -0.4 is 14.4 Å². The molecule has 3 heterocycles. The number of hydrogen-bond acceptors (Lipinski definition) is 3. The van der Waals surface area contributed by atoms with Gasteiger partial charge >= 0.3 is 0 Å². The Morgan fingerprint density at radius 1 is 0.733 bits per heavy atom. The second kappa shape index (κ2) is 6.85. The van der Waals surface area contributed by atoms with E-state index in [2.05, 4.69) is 100 Å². The van der Waals surface area contributed by atoms with Crippen LogP contribution in [0.1, 0.15) is 5.56 Å². The molecular formula is C26H20N2O2. The number of hydrogen-bond donors (Lipinski definition) is 0. The van der Waals surface area contributed by atoms with Gasteiger partial charge < -0.3 is 18.8 Å². The van der Waals surface area contributed by atoms with Crippen LogP contribution in [0.2, 0.25) is 0 Å². The van der Waals surface area contributed by atoms with Crippen LogP contribution in [0.4, 0.5) is 11.4 Å². The highest BCUT2D eigenvalue weighted by molar-refractivity contribution is 6.05.